The molecule has 5 heteroatoms. The van der Waals surface area contributed by atoms with Gasteiger partial charge in [-0.3, -0.25) is 4.79 Å². The largest absolute Gasteiger partial charge is 0.356 e. The molecule has 3 N–H and O–H groups in total. The first-order valence-electron chi connectivity index (χ1n) is 4.92. The Kier molecular flexibility index (Phi) is 2.09. The van der Waals surface area contributed by atoms with Crippen LogP contribution in [0.1, 0.15) is 19.3 Å². The Balaban J connectivity index is 1.95. The molecule has 0 aliphatic carbocycles. The summed E-state index contributed by atoms with van der Waals surface area (Å²) >= 11 is 0. The number of urea groups is 1. The lowest BCUT2D eigenvalue weighted by molar-refractivity contribution is -0.119. The minimum absolute atomic E-state index is 0.100. The third kappa shape index (κ3) is 1.54. The van der Waals surface area contributed by atoms with E-state index in [0.29, 0.717) is 19.5 Å². The number of piperidine rings is 1. The van der Waals surface area contributed by atoms with E-state index in [1.165, 1.54) is 0 Å². The van der Waals surface area contributed by atoms with Gasteiger partial charge in [-0.15, -0.1) is 0 Å². The molecule has 14 heavy (non-hydrogen) atoms. The highest BCUT2D eigenvalue weighted by Gasteiger charge is 2.41. The maximum Gasteiger partial charge on any atom is 0.314 e. The minimum Gasteiger partial charge on any atom is -0.356 e. The van der Waals surface area contributed by atoms with E-state index in [9.17, 15) is 9.59 Å². The lowest BCUT2D eigenvalue weighted by atomic mass is 9.78. The lowest BCUT2D eigenvalue weighted by Gasteiger charge is -2.37. The van der Waals surface area contributed by atoms with Gasteiger partial charge in [0.25, 0.3) is 0 Å². The van der Waals surface area contributed by atoms with Gasteiger partial charge < -0.3 is 16.0 Å². The number of rotatable bonds is 0. The summed E-state index contributed by atoms with van der Waals surface area (Å²) in [6.07, 6.45) is 2.38. The molecule has 2 fully saturated rings. The number of nitrogens with two attached hydrogens (primary N) is 1. The quantitative estimate of drug-likeness (QED) is 0.557. The van der Waals surface area contributed by atoms with Crippen LogP contribution < -0.4 is 11.1 Å². The zero-order valence-corrected chi connectivity index (χ0v) is 8.08. The summed E-state index contributed by atoms with van der Waals surface area (Å²) in [7, 11) is 0. The molecule has 0 saturated carbocycles. The van der Waals surface area contributed by atoms with E-state index >= 15 is 0 Å². The van der Waals surface area contributed by atoms with Gasteiger partial charge in [0.2, 0.25) is 5.91 Å². The second-order valence-corrected chi connectivity index (χ2v) is 4.28. The second kappa shape index (κ2) is 3.15. The number of hydrogen-bond donors (Lipinski definition) is 2. The average Bonchev–Trinajstić information content (AvgIpc) is 2.48. The normalized spacial score (nSPS) is 25.1. The Labute approximate surface area is 82.6 Å². The summed E-state index contributed by atoms with van der Waals surface area (Å²) in [5, 5.41) is 2.85. The van der Waals surface area contributed by atoms with E-state index in [1.54, 1.807) is 4.90 Å². The lowest BCUT2D eigenvalue weighted by Crippen LogP contribution is -2.46. The molecule has 0 radical (unpaired) electrons. The molecule has 0 aromatic carbocycles. The number of nitrogens with zero attached hydrogens (tertiary/aromatic N) is 1. The molecule has 78 valence electrons. The number of carbonyl (C=O) groups is 2. The van der Waals surface area contributed by atoms with E-state index in [0.717, 1.165) is 19.4 Å². The highest BCUT2D eigenvalue weighted by molar-refractivity contribution is 5.79. The van der Waals surface area contributed by atoms with Gasteiger partial charge in [-0.05, 0) is 18.3 Å². The van der Waals surface area contributed by atoms with Crippen LogP contribution in [-0.4, -0.2) is 36.5 Å². The first kappa shape index (κ1) is 9.30. The van der Waals surface area contributed by atoms with Crippen LogP contribution in [0.2, 0.25) is 0 Å². The Morgan fingerprint density at radius 2 is 2.07 bits per heavy atom. The monoisotopic (exact) mass is 197 g/mol. The minimum atomic E-state index is -0.350. The van der Waals surface area contributed by atoms with Crippen LogP contribution in [0.25, 0.3) is 0 Å². The molecule has 3 amide bonds. The van der Waals surface area contributed by atoms with Gasteiger partial charge in [-0.25, -0.2) is 4.79 Å². The fourth-order valence-electron chi connectivity index (χ4n) is 2.31. The molecule has 1 spiro atoms. The van der Waals surface area contributed by atoms with Crippen molar-refractivity contribution in [1.29, 1.82) is 0 Å². The number of amides is 3. The van der Waals surface area contributed by atoms with Crippen LogP contribution in [0, 0.1) is 5.41 Å². The number of hydrogen-bond acceptors (Lipinski definition) is 2. The van der Waals surface area contributed by atoms with E-state index < -0.39 is 0 Å². The van der Waals surface area contributed by atoms with Crippen LogP contribution in [0.5, 0.6) is 0 Å². The molecule has 5 nitrogen and oxygen atoms in total. The van der Waals surface area contributed by atoms with Crippen molar-refractivity contribution >= 4 is 11.9 Å². The standard InChI is InChI=1S/C9H15N3O2/c10-8(14)12-3-1-9(2-4-12)5-7(13)11-6-9/h1-6H2,(H2,10,14)(H,11,13). The molecule has 0 aromatic rings. The second-order valence-electron chi connectivity index (χ2n) is 4.28. The van der Waals surface area contributed by atoms with E-state index in [1.807, 2.05) is 0 Å². The molecule has 2 heterocycles. The summed E-state index contributed by atoms with van der Waals surface area (Å²) in [5.41, 5.74) is 5.29. The Morgan fingerprint density at radius 1 is 1.43 bits per heavy atom. The number of carbonyl (C=O) groups excluding carboxylic acids is 2. The van der Waals surface area contributed by atoms with Gasteiger partial charge in [0, 0.05) is 26.1 Å². The van der Waals surface area contributed by atoms with Gasteiger partial charge in [-0.1, -0.05) is 0 Å². The van der Waals surface area contributed by atoms with Crippen molar-refractivity contribution in [2.45, 2.75) is 19.3 Å². The average molecular weight is 197 g/mol. The summed E-state index contributed by atoms with van der Waals surface area (Å²) in [6.45, 7) is 2.13. The van der Waals surface area contributed by atoms with Gasteiger partial charge in [0.05, 0.1) is 0 Å². The molecule has 0 unspecified atom stereocenters. The highest BCUT2D eigenvalue weighted by atomic mass is 16.2. The van der Waals surface area contributed by atoms with Crippen LogP contribution in [-0.2, 0) is 4.79 Å². The predicted molar refractivity (Wildman–Crippen MR) is 50.5 cm³/mol. The van der Waals surface area contributed by atoms with Crippen LogP contribution in [0.3, 0.4) is 0 Å². The zero-order valence-electron chi connectivity index (χ0n) is 8.08. The van der Waals surface area contributed by atoms with Gasteiger partial charge in [0.1, 0.15) is 0 Å². The predicted octanol–water partition coefficient (Wildman–Crippen LogP) is -0.333. The van der Waals surface area contributed by atoms with E-state index in [4.69, 9.17) is 5.73 Å². The van der Waals surface area contributed by atoms with Crippen molar-refractivity contribution in [3.05, 3.63) is 0 Å². The maximum atomic E-state index is 11.1. The van der Waals surface area contributed by atoms with Gasteiger partial charge in [0.15, 0.2) is 0 Å². The summed E-state index contributed by atoms with van der Waals surface area (Å²) in [5.74, 6) is 0.137. The molecule has 2 saturated heterocycles. The number of likely N-dealkylation sites (tertiary alicyclic amines) is 1. The number of nitrogens with one attached hydrogen (secondary N) is 1. The van der Waals surface area contributed by atoms with Crippen molar-refractivity contribution < 1.29 is 9.59 Å². The maximum absolute atomic E-state index is 11.1. The summed E-state index contributed by atoms with van der Waals surface area (Å²) in [4.78, 5) is 23.6. The van der Waals surface area contributed by atoms with Crippen molar-refractivity contribution in [2.24, 2.45) is 11.1 Å². The molecule has 0 atom stereocenters. The summed E-state index contributed by atoms with van der Waals surface area (Å²) in [6, 6.07) is -0.350. The van der Waals surface area contributed by atoms with E-state index in [-0.39, 0.29) is 17.4 Å². The molecular formula is C9H15N3O2. The highest BCUT2D eigenvalue weighted by Crippen LogP contribution is 2.37. The Morgan fingerprint density at radius 3 is 2.50 bits per heavy atom. The number of primary amides is 1. The topological polar surface area (TPSA) is 75.4 Å². The van der Waals surface area contributed by atoms with Crippen molar-refractivity contribution in [3.8, 4) is 0 Å². The summed E-state index contributed by atoms with van der Waals surface area (Å²) < 4.78 is 0. The smallest absolute Gasteiger partial charge is 0.314 e. The molecule has 0 aromatic heterocycles. The Hall–Kier alpha value is -1.26. The molecule has 2 aliphatic rings. The first-order chi connectivity index (χ1) is 6.61. The zero-order chi connectivity index (χ0) is 10.2. The van der Waals surface area contributed by atoms with Crippen LogP contribution in [0.4, 0.5) is 4.79 Å². The van der Waals surface area contributed by atoms with E-state index in [2.05, 4.69) is 5.32 Å². The third-order valence-corrected chi connectivity index (χ3v) is 3.33. The molecule has 2 aliphatic heterocycles. The van der Waals surface area contributed by atoms with Crippen LogP contribution >= 0.6 is 0 Å². The van der Waals surface area contributed by atoms with Crippen LogP contribution in [0.15, 0.2) is 0 Å². The first-order valence-corrected chi connectivity index (χ1v) is 4.92. The molecule has 0 bridgehead atoms. The fourth-order valence-corrected chi connectivity index (χ4v) is 2.31. The molecular weight excluding hydrogens is 182 g/mol. The SMILES string of the molecule is NC(=O)N1CCC2(CC1)CNC(=O)C2. The fraction of sp³-hybridized carbons (Fsp3) is 0.778. The van der Waals surface area contributed by atoms with Crippen molar-refractivity contribution in [2.75, 3.05) is 19.6 Å². The van der Waals surface area contributed by atoms with Crippen molar-refractivity contribution in [3.63, 3.8) is 0 Å². The Bertz CT molecular complexity index is 269. The van der Waals surface area contributed by atoms with Gasteiger partial charge in [-0.2, -0.15) is 0 Å². The molecule has 2 rings (SSSR count). The van der Waals surface area contributed by atoms with Crippen molar-refractivity contribution in [1.82, 2.24) is 10.2 Å². The van der Waals surface area contributed by atoms with Gasteiger partial charge >= 0.3 is 6.03 Å². The third-order valence-electron chi connectivity index (χ3n) is 3.33.